The van der Waals surface area contributed by atoms with Crippen LogP contribution >= 0.6 is 34.3 Å². The molecule has 0 spiro atoms. The van der Waals surface area contributed by atoms with Gasteiger partial charge in [0.05, 0.1) is 16.4 Å². The van der Waals surface area contributed by atoms with Crippen LogP contribution in [0.3, 0.4) is 0 Å². The lowest BCUT2D eigenvalue weighted by molar-refractivity contribution is -0.141. The molecule has 4 heterocycles. The van der Waals surface area contributed by atoms with E-state index >= 15 is 0 Å². The molecule has 0 atom stereocenters. The van der Waals surface area contributed by atoms with Gasteiger partial charge in [-0.15, -0.1) is 22.7 Å². The first kappa shape index (κ1) is 26.5. The molecule has 1 aliphatic rings. The second-order valence-corrected chi connectivity index (χ2v) is 11.3. The van der Waals surface area contributed by atoms with Crippen LogP contribution in [0, 0.1) is 6.92 Å². The number of halogens is 6. The van der Waals surface area contributed by atoms with E-state index in [0.717, 1.165) is 20.9 Å². The molecule has 38 heavy (non-hydrogen) atoms. The number of primary amides is 1. The Bertz CT molecular complexity index is 1590. The number of anilines is 1. The van der Waals surface area contributed by atoms with Gasteiger partial charge in [0.25, 0.3) is 12.3 Å². The van der Waals surface area contributed by atoms with E-state index in [1.165, 1.54) is 17.4 Å². The van der Waals surface area contributed by atoms with Crippen molar-refractivity contribution in [2.24, 2.45) is 5.73 Å². The third-order valence-electron chi connectivity index (χ3n) is 5.86. The number of amides is 2. The Balaban J connectivity index is 1.59. The summed E-state index contributed by atoms with van der Waals surface area (Å²) in [6, 6.07) is 4.68. The van der Waals surface area contributed by atoms with Crippen LogP contribution in [0.1, 0.15) is 56.8 Å². The predicted molar refractivity (Wildman–Crippen MR) is 134 cm³/mol. The van der Waals surface area contributed by atoms with E-state index in [1.54, 1.807) is 12.1 Å². The minimum absolute atomic E-state index is 0.0492. The highest BCUT2D eigenvalue weighted by molar-refractivity contribution is 7.21. The lowest BCUT2D eigenvalue weighted by Crippen LogP contribution is -2.23. The second kappa shape index (κ2) is 9.58. The molecule has 4 aromatic rings. The maximum atomic E-state index is 13.6. The van der Waals surface area contributed by atoms with Crippen LogP contribution in [0.25, 0.3) is 20.7 Å². The molecule has 0 bridgehead atoms. The monoisotopic (exact) mass is 589 g/mol. The molecule has 0 aliphatic heterocycles. The molecule has 0 unspecified atom stereocenters. The molecule has 0 aromatic carbocycles. The number of hydrogen-bond donors (Lipinski definition) is 2. The molecule has 15 heteroatoms. The molecule has 1 saturated carbocycles. The molecule has 0 saturated heterocycles. The summed E-state index contributed by atoms with van der Waals surface area (Å²) < 4.78 is 68.4. The first-order valence-electron chi connectivity index (χ1n) is 11.1. The van der Waals surface area contributed by atoms with E-state index < -0.39 is 47.4 Å². The second-order valence-electron chi connectivity index (χ2n) is 8.68. The van der Waals surface area contributed by atoms with E-state index in [-0.39, 0.29) is 32.4 Å². The molecule has 3 N–H and O–H groups in total. The van der Waals surface area contributed by atoms with Crippen LogP contribution in [0.5, 0.6) is 0 Å². The minimum atomic E-state index is -4.81. The van der Waals surface area contributed by atoms with E-state index in [1.807, 2.05) is 6.92 Å². The molecule has 7 nitrogen and oxygen atoms in total. The number of nitrogens with one attached hydrogen (secondary N) is 1. The average molecular weight is 590 g/mol. The van der Waals surface area contributed by atoms with Crippen molar-refractivity contribution < 1.29 is 31.5 Å². The lowest BCUT2D eigenvalue weighted by Gasteiger charge is -2.11. The Kier molecular flexibility index (Phi) is 6.68. The number of aromatic nitrogens is 3. The Hall–Kier alpha value is -3.10. The lowest BCUT2D eigenvalue weighted by atomic mass is 10.1. The van der Waals surface area contributed by atoms with Gasteiger partial charge in [0, 0.05) is 26.6 Å². The van der Waals surface area contributed by atoms with Crippen molar-refractivity contribution in [1.29, 1.82) is 0 Å². The fourth-order valence-corrected chi connectivity index (χ4v) is 6.41. The summed E-state index contributed by atoms with van der Waals surface area (Å²) in [5.41, 5.74) is 4.08. The van der Waals surface area contributed by atoms with Gasteiger partial charge in [-0.25, -0.2) is 13.8 Å². The number of nitrogens with two attached hydrogens (primary N) is 1. The normalized spacial score (nSPS) is 14.0. The van der Waals surface area contributed by atoms with Crippen LogP contribution < -0.4 is 11.1 Å². The van der Waals surface area contributed by atoms with Gasteiger partial charge in [0.1, 0.15) is 21.9 Å². The van der Waals surface area contributed by atoms with E-state index in [4.69, 9.17) is 17.3 Å². The summed E-state index contributed by atoms with van der Waals surface area (Å²) in [6.07, 6.45) is -6.50. The number of rotatable bonds is 7. The largest absolute Gasteiger partial charge is 0.436 e. The van der Waals surface area contributed by atoms with Crippen molar-refractivity contribution in [1.82, 2.24) is 14.8 Å². The summed E-state index contributed by atoms with van der Waals surface area (Å²) in [5, 5.41) is 5.76. The van der Waals surface area contributed by atoms with Crippen molar-refractivity contribution in [3.05, 3.63) is 50.1 Å². The van der Waals surface area contributed by atoms with Gasteiger partial charge in [-0.2, -0.15) is 18.3 Å². The molecule has 2 amide bonds. The van der Waals surface area contributed by atoms with Crippen molar-refractivity contribution >= 4 is 62.0 Å². The summed E-state index contributed by atoms with van der Waals surface area (Å²) in [5.74, 6) is -2.00. The average Bonchev–Trinajstić information content (AvgIpc) is 3.30. The topological polar surface area (TPSA) is 103 Å². The van der Waals surface area contributed by atoms with E-state index in [0.29, 0.717) is 23.3 Å². The van der Waals surface area contributed by atoms with Crippen molar-refractivity contribution in [2.45, 2.75) is 44.8 Å². The number of alkyl halides is 5. The summed E-state index contributed by atoms with van der Waals surface area (Å²) >= 11 is 8.03. The minimum Gasteiger partial charge on any atom is -0.365 e. The first-order chi connectivity index (χ1) is 17.8. The van der Waals surface area contributed by atoms with E-state index in [9.17, 15) is 31.5 Å². The number of fused-ring (bicyclic) bond motifs is 1. The van der Waals surface area contributed by atoms with Crippen LogP contribution in [0.2, 0.25) is 5.02 Å². The predicted octanol–water partition coefficient (Wildman–Crippen LogP) is 6.75. The molecule has 0 radical (unpaired) electrons. The summed E-state index contributed by atoms with van der Waals surface area (Å²) in [4.78, 5) is 30.7. The van der Waals surface area contributed by atoms with Crippen LogP contribution in [0.15, 0.2) is 18.2 Å². The van der Waals surface area contributed by atoms with Crippen LogP contribution in [-0.4, -0.2) is 26.6 Å². The SMILES string of the molecule is Cc1ccc(-c2cc(C(F)F)nc3sc(C(N)=O)c(NC(=O)Cn4nc(C(F)(F)F)c(Cl)c4C4CC4)c23)s1. The quantitative estimate of drug-likeness (QED) is 0.233. The molecular weight excluding hydrogens is 573 g/mol. The molecular formula is C23H17ClF5N5O2S2. The summed E-state index contributed by atoms with van der Waals surface area (Å²) in [7, 11) is 0. The highest BCUT2D eigenvalue weighted by atomic mass is 35.5. The fraction of sp³-hybridized carbons (Fsp3) is 0.304. The van der Waals surface area contributed by atoms with Gasteiger partial charge < -0.3 is 11.1 Å². The number of aryl methyl sites for hydroxylation is 1. The fourth-order valence-electron chi connectivity index (χ4n) is 4.11. The van der Waals surface area contributed by atoms with Crippen molar-refractivity contribution in [2.75, 3.05) is 5.32 Å². The number of carbonyl (C=O) groups excluding carboxylic acids is 2. The molecule has 1 aliphatic carbocycles. The Labute approximate surface area is 224 Å². The Morgan fingerprint density at radius 1 is 1.26 bits per heavy atom. The third-order valence-corrected chi connectivity index (χ3v) is 8.36. The number of nitrogens with zero attached hydrogens (tertiary/aromatic N) is 3. The number of hydrogen-bond acceptors (Lipinski definition) is 6. The third kappa shape index (κ3) is 4.87. The number of carbonyl (C=O) groups is 2. The number of pyridine rings is 1. The highest BCUT2D eigenvalue weighted by Crippen LogP contribution is 2.47. The van der Waals surface area contributed by atoms with Gasteiger partial charge in [0.2, 0.25) is 5.91 Å². The standard InChI is InChI=1S/C23H17ClF5N5O2S2/c1-8-2-5-12(37-8)10-6-11(20(25)26)31-22-14(10)16(18(38-22)21(30)36)32-13(35)7-34-17(9-3-4-9)15(24)19(33-34)23(27,28)29/h2,5-6,9,20H,3-4,7H2,1H3,(H2,30,36)(H,32,35). The van der Waals surface area contributed by atoms with Crippen LogP contribution in [-0.2, 0) is 17.5 Å². The molecule has 1 fully saturated rings. The van der Waals surface area contributed by atoms with Crippen molar-refractivity contribution in [3.63, 3.8) is 0 Å². The zero-order chi connectivity index (χ0) is 27.5. The van der Waals surface area contributed by atoms with Gasteiger partial charge in [-0.3, -0.25) is 14.3 Å². The highest BCUT2D eigenvalue weighted by Gasteiger charge is 2.42. The maximum Gasteiger partial charge on any atom is 0.436 e. The van der Waals surface area contributed by atoms with E-state index in [2.05, 4.69) is 15.4 Å². The van der Waals surface area contributed by atoms with Gasteiger partial charge in [0.15, 0.2) is 5.69 Å². The van der Waals surface area contributed by atoms with Gasteiger partial charge in [-0.1, -0.05) is 11.6 Å². The van der Waals surface area contributed by atoms with Crippen molar-refractivity contribution in [3.8, 4) is 10.4 Å². The smallest absolute Gasteiger partial charge is 0.365 e. The number of thiophene rings is 2. The molecule has 4 aromatic heterocycles. The molecule has 5 rings (SSSR count). The zero-order valence-electron chi connectivity index (χ0n) is 19.3. The van der Waals surface area contributed by atoms with Gasteiger partial charge in [-0.05, 0) is 38.0 Å². The first-order valence-corrected chi connectivity index (χ1v) is 13.1. The molecule has 200 valence electrons. The Morgan fingerprint density at radius 2 is 1.97 bits per heavy atom. The van der Waals surface area contributed by atoms with Gasteiger partial charge >= 0.3 is 6.18 Å². The van der Waals surface area contributed by atoms with Crippen LogP contribution in [0.4, 0.5) is 27.6 Å². The zero-order valence-corrected chi connectivity index (χ0v) is 21.7. The summed E-state index contributed by atoms with van der Waals surface area (Å²) in [6.45, 7) is 1.20. The Morgan fingerprint density at radius 3 is 2.53 bits per heavy atom. The maximum absolute atomic E-state index is 13.6.